The minimum absolute atomic E-state index is 0.0375. The molecule has 0 aromatic heterocycles. The summed E-state index contributed by atoms with van der Waals surface area (Å²) >= 11 is 0. The van der Waals surface area contributed by atoms with Crippen molar-refractivity contribution in [2.24, 2.45) is 0 Å². The Morgan fingerprint density at radius 3 is 2.25 bits per heavy atom. The number of hydrogen-bond acceptors (Lipinski definition) is 8. The van der Waals surface area contributed by atoms with E-state index in [4.69, 9.17) is 14.2 Å². The molecule has 1 aliphatic heterocycles. The number of para-hydroxylation sites is 1. The van der Waals surface area contributed by atoms with Crippen LogP contribution in [0.4, 0.5) is 10.5 Å². The first-order valence-corrected chi connectivity index (χ1v) is 19.0. The normalized spacial score (nSPS) is 17.2. The van der Waals surface area contributed by atoms with Crippen molar-refractivity contribution >= 4 is 11.7 Å². The van der Waals surface area contributed by atoms with Gasteiger partial charge in [0.25, 0.3) is 0 Å². The number of benzene rings is 6. The number of ether oxygens (including phenoxy) is 3. The van der Waals surface area contributed by atoms with Crippen LogP contribution >= 0.6 is 0 Å². The van der Waals surface area contributed by atoms with E-state index in [1.54, 1.807) is 36.4 Å². The zero-order chi connectivity index (χ0) is 39.6. The number of aliphatic hydroxyl groups is 2. The molecule has 0 spiro atoms. The van der Waals surface area contributed by atoms with Gasteiger partial charge in [-0.2, -0.15) is 0 Å². The zero-order valence-electron chi connectivity index (χ0n) is 31.7. The van der Waals surface area contributed by atoms with Crippen LogP contribution in [0.15, 0.2) is 152 Å². The molecule has 57 heavy (non-hydrogen) atoms. The van der Waals surface area contributed by atoms with E-state index in [1.807, 2.05) is 115 Å². The Kier molecular flexibility index (Phi) is 12.9. The topological polar surface area (TPSA) is 133 Å². The summed E-state index contributed by atoms with van der Waals surface area (Å²) in [5, 5.41) is 36.3. The smallest absolute Gasteiger partial charge is 0.319 e. The van der Waals surface area contributed by atoms with Crippen molar-refractivity contribution in [3.8, 4) is 28.4 Å². The van der Waals surface area contributed by atoms with Gasteiger partial charge in [0, 0.05) is 37.3 Å². The molecule has 1 saturated heterocycles. The number of aliphatic hydroxyl groups excluding tert-OH is 2. The number of rotatable bonds is 14. The Hall–Kier alpha value is -6.01. The van der Waals surface area contributed by atoms with Gasteiger partial charge in [-0.3, -0.25) is 0 Å². The van der Waals surface area contributed by atoms with Gasteiger partial charge in [-0.05, 0) is 101 Å². The SMILES string of the molecule is CN(C[C@H]1C[C@@H](c2ccc(CO)cc2)O[C@@H](c2cccc(-c3cccc(CNC(=O)Nc4ccc(Oc5ccccc5)cc4)c3)c2)O1)C[C@@H](O)c1cccc(O)c1. The van der Waals surface area contributed by atoms with Crippen molar-refractivity contribution in [2.45, 2.75) is 44.2 Å². The second-order valence-corrected chi connectivity index (χ2v) is 14.3. The third-order valence-electron chi connectivity index (χ3n) is 9.83. The van der Waals surface area contributed by atoms with Gasteiger partial charge >= 0.3 is 6.03 Å². The first kappa shape index (κ1) is 39.2. The van der Waals surface area contributed by atoms with Gasteiger partial charge in [0.05, 0.1) is 24.9 Å². The summed E-state index contributed by atoms with van der Waals surface area (Å²) < 4.78 is 19.1. The van der Waals surface area contributed by atoms with Gasteiger partial charge in [0.2, 0.25) is 0 Å². The first-order valence-electron chi connectivity index (χ1n) is 19.0. The Morgan fingerprint density at radius 1 is 0.772 bits per heavy atom. The predicted octanol–water partition coefficient (Wildman–Crippen LogP) is 8.88. The van der Waals surface area contributed by atoms with Crippen molar-refractivity contribution in [1.82, 2.24) is 10.2 Å². The Bertz CT molecular complexity index is 2220. The highest BCUT2D eigenvalue weighted by molar-refractivity contribution is 5.89. The molecule has 0 radical (unpaired) electrons. The summed E-state index contributed by atoms with van der Waals surface area (Å²) in [5.41, 5.74) is 6.86. The molecule has 0 bridgehead atoms. The molecule has 6 aromatic carbocycles. The number of hydrogen-bond donors (Lipinski definition) is 5. The summed E-state index contributed by atoms with van der Waals surface area (Å²) in [6, 6.07) is 47.0. The van der Waals surface area contributed by atoms with Crippen LogP contribution in [-0.4, -0.2) is 52.5 Å². The Labute approximate surface area is 332 Å². The fraction of sp³-hybridized carbons (Fsp3) is 0.213. The summed E-state index contributed by atoms with van der Waals surface area (Å²) in [7, 11) is 1.94. The number of carbonyl (C=O) groups excluding carboxylic acids is 1. The first-order chi connectivity index (χ1) is 27.8. The lowest BCUT2D eigenvalue weighted by molar-refractivity contribution is -0.252. The molecule has 7 rings (SSSR count). The number of nitrogens with one attached hydrogen (secondary N) is 2. The number of nitrogens with zero attached hydrogens (tertiary/aromatic N) is 1. The van der Waals surface area contributed by atoms with E-state index < -0.39 is 12.4 Å². The summed E-state index contributed by atoms with van der Waals surface area (Å²) in [6.45, 7) is 1.18. The van der Waals surface area contributed by atoms with Crippen LogP contribution in [0.3, 0.4) is 0 Å². The van der Waals surface area contributed by atoms with E-state index >= 15 is 0 Å². The second kappa shape index (κ2) is 18.8. The van der Waals surface area contributed by atoms with Crippen LogP contribution in [0, 0.1) is 0 Å². The number of amides is 2. The van der Waals surface area contributed by atoms with Gasteiger partial charge in [0.15, 0.2) is 6.29 Å². The number of aromatic hydroxyl groups is 1. The summed E-state index contributed by atoms with van der Waals surface area (Å²) in [6.07, 6.45) is -1.34. The van der Waals surface area contributed by atoms with Crippen molar-refractivity contribution in [3.63, 3.8) is 0 Å². The minimum Gasteiger partial charge on any atom is -0.508 e. The second-order valence-electron chi connectivity index (χ2n) is 14.3. The summed E-state index contributed by atoms with van der Waals surface area (Å²) in [4.78, 5) is 14.8. The molecule has 0 unspecified atom stereocenters. The molecule has 0 aliphatic carbocycles. The molecule has 1 fully saturated rings. The van der Waals surface area contributed by atoms with E-state index in [0.29, 0.717) is 43.1 Å². The molecule has 10 heteroatoms. The number of likely N-dealkylation sites (N-methyl/N-ethyl adjacent to an activating group) is 1. The standard InChI is InChI=1S/C47H47N3O7/c1-50(30-44(53)37-11-7-13-40(52)26-37)29-43-27-45(34-18-16-32(31-51)17-19-34)57-46(56-43)38-12-6-10-36(25-38)35-9-5-8-33(24-35)28-48-47(54)49-39-20-22-42(23-21-39)55-41-14-3-2-4-15-41/h2-26,43-46,51-53H,27-31H2,1H3,(H2,48,49,54)/t43-,44-,45+,46+/m1/s1. The summed E-state index contributed by atoms with van der Waals surface area (Å²) in [5.74, 6) is 1.53. The van der Waals surface area contributed by atoms with Gasteiger partial charge in [0.1, 0.15) is 17.2 Å². The fourth-order valence-electron chi connectivity index (χ4n) is 6.90. The third kappa shape index (κ3) is 10.9. The molecule has 1 heterocycles. The molecule has 5 N–H and O–H groups in total. The highest BCUT2D eigenvalue weighted by Gasteiger charge is 2.33. The molecule has 1 aliphatic rings. The lowest BCUT2D eigenvalue weighted by Gasteiger charge is -2.38. The van der Waals surface area contributed by atoms with Crippen molar-refractivity contribution in [2.75, 3.05) is 25.5 Å². The Morgan fingerprint density at radius 2 is 1.49 bits per heavy atom. The largest absolute Gasteiger partial charge is 0.508 e. The average molecular weight is 766 g/mol. The van der Waals surface area contributed by atoms with E-state index in [1.165, 1.54) is 0 Å². The molecule has 2 amide bonds. The highest BCUT2D eigenvalue weighted by atomic mass is 16.7. The molecule has 4 atom stereocenters. The lowest BCUT2D eigenvalue weighted by Crippen LogP contribution is -2.39. The van der Waals surface area contributed by atoms with Crippen LogP contribution in [0.25, 0.3) is 11.1 Å². The predicted molar refractivity (Wildman–Crippen MR) is 220 cm³/mol. The quantitative estimate of drug-likeness (QED) is 0.0743. The van der Waals surface area contributed by atoms with Gasteiger partial charge in [-0.15, -0.1) is 0 Å². The van der Waals surface area contributed by atoms with E-state index in [9.17, 15) is 20.1 Å². The van der Waals surface area contributed by atoms with E-state index in [2.05, 4.69) is 22.8 Å². The van der Waals surface area contributed by atoms with Crippen molar-refractivity contribution in [1.29, 1.82) is 0 Å². The van der Waals surface area contributed by atoms with Gasteiger partial charge in [-0.25, -0.2) is 4.79 Å². The lowest BCUT2D eigenvalue weighted by atomic mass is 9.98. The number of phenols is 1. The van der Waals surface area contributed by atoms with Gasteiger partial charge in [-0.1, -0.05) is 91.0 Å². The number of anilines is 1. The van der Waals surface area contributed by atoms with Crippen LogP contribution in [0.5, 0.6) is 17.2 Å². The monoisotopic (exact) mass is 765 g/mol. The maximum Gasteiger partial charge on any atom is 0.319 e. The third-order valence-corrected chi connectivity index (χ3v) is 9.83. The zero-order valence-corrected chi connectivity index (χ0v) is 31.7. The average Bonchev–Trinajstić information content (AvgIpc) is 3.24. The van der Waals surface area contributed by atoms with Crippen LogP contribution in [-0.2, 0) is 22.6 Å². The fourth-order valence-corrected chi connectivity index (χ4v) is 6.90. The molecule has 292 valence electrons. The molecular weight excluding hydrogens is 719 g/mol. The molecule has 6 aromatic rings. The van der Waals surface area contributed by atoms with Crippen LogP contribution < -0.4 is 15.4 Å². The van der Waals surface area contributed by atoms with Crippen LogP contribution in [0.1, 0.15) is 52.7 Å². The molecular formula is C47H47N3O7. The number of carbonyl (C=O) groups is 1. The number of urea groups is 1. The van der Waals surface area contributed by atoms with Crippen LogP contribution in [0.2, 0.25) is 0 Å². The molecule has 10 nitrogen and oxygen atoms in total. The number of phenolic OH excluding ortho intramolecular Hbond substituents is 1. The van der Waals surface area contributed by atoms with E-state index in [0.717, 1.165) is 39.1 Å². The van der Waals surface area contributed by atoms with E-state index in [-0.39, 0.29) is 30.6 Å². The maximum atomic E-state index is 12.8. The highest BCUT2D eigenvalue weighted by Crippen LogP contribution is 2.39. The minimum atomic E-state index is -0.783. The van der Waals surface area contributed by atoms with Crippen molar-refractivity contribution in [3.05, 3.63) is 179 Å². The maximum absolute atomic E-state index is 12.8. The van der Waals surface area contributed by atoms with Crippen molar-refractivity contribution < 1.29 is 34.3 Å². The Balaban J connectivity index is 1.00. The van der Waals surface area contributed by atoms with Gasteiger partial charge < -0.3 is 45.1 Å². The molecule has 0 saturated carbocycles.